The molecule has 1 heterocycles. The van der Waals surface area contributed by atoms with Gasteiger partial charge in [-0.3, -0.25) is 19.3 Å². The van der Waals surface area contributed by atoms with Gasteiger partial charge in [-0.05, 0) is 25.0 Å². The molecular weight excluding hydrogens is 362 g/mol. The van der Waals surface area contributed by atoms with Crippen molar-refractivity contribution in [3.8, 4) is 0 Å². The number of benzene rings is 1. The van der Waals surface area contributed by atoms with Gasteiger partial charge >= 0.3 is 6.03 Å². The van der Waals surface area contributed by atoms with E-state index in [-0.39, 0.29) is 5.69 Å². The highest BCUT2D eigenvalue weighted by Crippen LogP contribution is 2.24. The average molecular weight is 382 g/mol. The Morgan fingerprint density at radius 3 is 2.33 bits per heavy atom. The largest absolute Gasteiger partial charge is 0.345 e. The molecule has 0 aromatic heterocycles. The molecule has 0 aliphatic carbocycles. The zero-order chi connectivity index (χ0) is 20.2. The molecule has 1 aliphatic rings. The van der Waals surface area contributed by atoms with Crippen molar-refractivity contribution in [1.82, 2.24) is 15.5 Å². The standard InChI is InChI=1S/C17H20F2N4O4/c1-3-17(4-2)15(26)23(16(27)22-17)9-14(25)20-8-13(24)21-10-5-6-11(18)12(19)7-10/h5-7H,3-4,8-9H2,1-2H3,(H,20,25)(H,21,24)(H,22,27). The van der Waals surface area contributed by atoms with Crippen LogP contribution in [-0.2, 0) is 14.4 Å². The first-order chi connectivity index (χ1) is 12.7. The summed E-state index contributed by atoms with van der Waals surface area (Å²) in [7, 11) is 0. The number of nitrogens with zero attached hydrogens (tertiary/aromatic N) is 1. The summed E-state index contributed by atoms with van der Waals surface area (Å²) in [6.45, 7) is 2.53. The molecule has 0 unspecified atom stereocenters. The van der Waals surface area contributed by atoms with Crippen LogP contribution in [0.15, 0.2) is 18.2 Å². The van der Waals surface area contributed by atoms with Gasteiger partial charge in [0.25, 0.3) is 5.91 Å². The number of hydrogen-bond acceptors (Lipinski definition) is 4. The first-order valence-electron chi connectivity index (χ1n) is 8.38. The third-order valence-corrected chi connectivity index (χ3v) is 4.40. The van der Waals surface area contributed by atoms with Gasteiger partial charge in [-0.1, -0.05) is 13.8 Å². The minimum atomic E-state index is -1.12. The predicted molar refractivity (Wildman–Crippen MR) is 91.6 cm³/mol. The van der Waals surface area contributed by atoms with Crippen LogP contribution in [0.2, 0.25) is 0 Å². The van der Waals surface area contributed by atoms with Crippen LogP contribution >= 0.6 is 0 Å². The van der Waals surface area contributed by atoms with Gasteiger partial charge < -0.3 is 16.0 Å². The smallest absolute Gasteiger partial charge is 0.325 e. The lowest BCUT2D eigenvalue weighted by Gasteiger charge is -2.22. The van der Waals surface area contributed by atoms with Gasteiger partial charge in [0.15, 0.2) is 11.6 Å². The molecule has 1 aromatic rings. The molecule has 1 fully saturated rings. The average Bonchev–Trinajstić information content (AvgIpc) is 2.87. The molecule has 2 rings (SSSR count). The Balaban J connectivity index is 1.87. The minimum absolute atomic E-state index is 0.0259. The van der Waals surface area contributed by atoms with Crippen LogP contribution in [0.1, 0.15) is 26.7 Å². The molecule has 1 aliphatic heterocycles. The highest BCUT2D eigenvalue weighted by atomic mass is 19.2. The number of carbonyl (C=O) groups is 4. The lowest BCUT2D eigenvalue weighted by molar-refractivity contribution is -0.135. The molecule has 0 atom stereocenters. The van der Waals surface area contributed by atoms with Crippen molar-refractivity contribution in [1.29, 1.82) is 0 Å². The van der Waals surface area contributed by atoms with E-state index in [0.29, 0.717) is 12.8 Å². The summed E-state index contributed by atoms with van der Waals surface area (Å²) in [4.78, 5) is 48.9. The third-order valence-electron chi connectivity index (χ3n) is 4.40. The van der Waals surface area contributed by atoms with Crippen LogP contribution in [0, 0.1) is 11.6 Å². The highest BCUT2D eigenvalue weighted by Gasteiger charge is 2.49. The van der Waals surface area contributed by atoms with Crippen molar-refractivity contribution >= 4 is 29.4 Å². The van der Waals surface area contributed by atoms with E-state index in [2.05, 4.69) is 16.0 Å². The fraction of sp³-hybridized carbons (Fsp3) is 0.412. The molecular formula is C17H20F2N4O4. The molecule has 3 N–H and O–H groups in total. The molecule has 0 bridgehead atoms. The Kier molecular flexibility index (Phi) is 6.09. The Hall–Kier alpha value is -3.04. The van der Waals surface area contributed by atoms with Crippen molar-refractivity contribution in [3.63, 3.8) is 0 Å². The zero-order valence-corrected chi connectivity index (χ0v) is 14.9. The summed E-state index contributed by atoms with van der Waals surface area (Å²) in [5.74, 6) is -4.04. The summed E-state index contributed by atoms with van der Waals surface area (Å²) < 4.78 is 25.9. The van der Waals surface area contributed by atoms with Crippen LogP contribution in [0.3, 0.4) is 0 Å². The molecule has 0 radical (unpaired) electrons. The number of imide groups is 1. The first kappa shape index (κ1) is 20.3. The number of carbonyl (C=O) groups excluding carboxylic acids is 4. The summed E-state index contributed by atoms with van der Waals surface area (Å²) in [6.07, 6.45) is 0.783. The second-order valence-electron chi connectivity index (χ2n) is 6.06. The fourth-order valence-corrected chi connectivity index (χ4v) is 2.71. The van der Waals surface area contributed by atoms with Gasteiger partial charge in [0.1, 0.15) is 12.1 Å². The molecule has 8 nitrogen and oxygen atoms in total. The second-order valence-corrected chi connectivity index (χ2v) is 6.06. The topological polar surface area (TPSA) is 108 Å². The molecule has 27 heavy (non-hydrogen) atoms. The number of amides is 5. The first-order valence-corrected chi connectivity index (χ1v) is 8.38. The van der Waals surface area contributed by atoms with Gasteiger partial charge in [-0.2, -0.15) is 0 Å². The van der Waals surface area contributed by atoms with Crippen LogP contribution in [0.4, 0.5) is 19.3 Å². The van der Waals surface area contributed by atoms with E-state index in [1.807, 2.05) is 0 Å². The lowest BCUT2D eigenvalue weighted by Crippen LogP contribution is -2.47. The molecule has 10 heteroatoms. The Bertz CT molecular complexity index is 780. The number of anilines is 1. The summed E-state index contributed by atoms with van der Waals surface area (Å²) in [5.41, 5.74) is -0.987. The van der Waals surface area contributed by atoms with E-state index in [1.165, 1.54) is 6.07 Å². The van der Waals surface area contributed by atoms with Gasteiger partial charge in [0.2, 0.25) is 11.8 Å². The van der Waals surface area contributed by atoms with Crippen LogP contribution < -0.4 is 16.0 Å². The molecule has 0 saturated carbocycles. The number of nitrogens with one attached hydrogen (secondary N) is 3. The van der Waals surface area contributed by atoms with Crippen LogP contribution in [-0.4, -0.2) is 47.3 Å². The van der Waals surface area contributed by atoms with Gasteiger partial charge in [-0.25, -0.2) is 13.6 Å². The summed E-state index contributed by atoms with van der Waals surface area (Å²) >= 11 is 0. The normalized spacial score (nSPS) is 15.5. The molecule has 0 spiro atoms. The summed E-state index contributed by atoms with van der Waals surface area (Å²) in [5, 5.41) is 7.15. The monoisotopic (exact) mass is 382 g/mol. The maximum atomic E-state index is 13.1. The van der Waals surface area contributed by atoms with Gasteiger partial charge in [0.05, 0.1) is 6.54 Å². The fourth-order valence-electron chi connectivity index (χ4n) is 2.71. The van der Waals surface area contributed by atoms with Crippen molar-refractivity contribution in [2.75, 3.05) is 18.4 Å². The molecule has 1 saturated heterocycles. The van der Waals surface area contributed by atoms with E-state index < -0.39 is 54.0 Å². The van der Waals surface area contributed by atoms with Crippen LogP contribution in [0.25, 0.3) is 0 Å². The van der Waals surface area contributed by atoms with E-state index in [9.17, 15) is 28.0 Å². The molecule has 1 aromatic carbocycles. The quantitative estimate of drug-likeness (QED) is 0.615. The molecule has 146 valence electrons. The van der Waals surface area contributed by atoms with Gasteiger partial charge in [-0.15, -0.1) is 0 Å². The second kappa shape index (κ2) is 8.11. The van der Waals surface area contributed by atoms with E-state index in [4.69, 9.17) is 0 Å². The van der Waals surface area contributed by atoms with Crippen LogP contribution in [0.5, 0.6) is 0 Å². The predicted octanol–water partition coefficient (Wildman–Crippen LogP) is 1.13. The number of urea groups is 1. The van der Waals surface area contributed by atoms with Gasteiger partial charge in [0, 0.05) is 11.8 Å². The van der Waals surface area contributed by atoms with E-state index in [0.717, 1.165) is 17.0 Å². The Morgan fingerprint density at radius 2 is 1.78 bits per heavy atom. The maximum absolute atomic E-state index is 13.1. The SMILES string of the molecule is CCC1(CC)NC(=O)N(CC(=O)NCC(=O)Nc2ccc(F)c(F)c2)C1=O. The molecule has 5 amide bonds. The van der Waals surface area contributed by atoms with Crippen molar-refractivity contribution < 1.29 is 28.0 Å². The minimum Gasteiger partial charge on any atom is -0.345 e. The zero-order valence-electron chi connectivity index (χ0n) is 14.9. The number of hydrogen-bond donors (Lipinski definition) is 3. The van der Waals surface area contributed by atoms with Crippen molar-refractivity contribution in [3.05, 3.63) is 29.8 Å². The number of rotatable bonds is 7. The highest BCUT2D eigenvalue weighted by molar-refractivity contribution is 6.09. The Morgan fingerprint density at radius 1 is 1.11 bits per heavy atom. The van der Waals surface area contributed by atoms with Crippen molar-refractivity contribution in [2.45, 2.75) is 32.2 Å². The maximum Gasteiger partial charge on any atom is 0.325 e. The number of halogens is 2. The van der Waals surface area contributed by atoms with Crippen molar-refractivity contribution in [2.24, 2.45) is 0 Å². The van der Waals surface area contributed by atoms with E-state index in [1.54, 1.807) is 13.8 Å². The van der Waals surface area contributed by atoms with E-state index >= 15 is 0 Å². The summed E-state index contributed by atoms with van der Waals surface area (Å²) in [6, 6.07) is 2.16. The Labute approximate surface area is 154 Å². The lowest BCUT2D eigenvalue weighted by atomic mass is 9.93. The third kappa shape index (κ3) is 4.39.